The molecule has 1 rings (SSSR count). The molecule has 1 radical (unpaired) electrons. The van der Waals surface area contributed by atoms with Crippen LogP contribution < -0.4 is 0 Å². The van der Waals surface area contributed by atoms with Gasteiger partial charge in [-0.15, -0.1) is 0 Å². The zero-order chi connectivity index (χ0) is 8.48. The van der Waals surface area contributed by atoms with E-state index in [0.717, 1.165) is 5.56 Å². The summed E-state index contributed by atoms with van der Waals surface area (Å²) in [5.74, 6) is -0.109. The summed E-state index contributed by atoms with van der Waals surface area (Å²) in [5, 5.41) is 0. The van der Waals surface area contributed by atoms with Gasteiger partial charge in [0, 0.05) is 0 Å². The third-order valence-corrected chi connectivity index (χ3v) is 2.15. The molecule has 0 aliphatic rings. The van der Waals surface area contributed by atoms with Crippen molar-refractivity contribution >= 4 is 22.3 Å². The zero-order valence-electron chi connectivity index (χ0n) is 6.60. The molecule has 1 aromatic rings. The number of hydrogen-bond donors (Lipinski definition) is 0. The normalized spacial score (nSPS) is 11.6. The van der Waals surface area contributed by atoms with Crippen molar-refractivity contribution in [3.05, 3.63) is 35.6 Å². The Bertz CT molecular complexity index is 250. The Kier molecular flexibility index (Phi) is 2.57. The molecule has 0 aromatic heterocycles. The van der Waals surface area contributed by atoms with Gasteiger partial charge in [-0.05, 0) is 0 Å². The third kappa shape index (κ3) is 2.18. The van der Waals surface area contributed by atoms with Crippen molar-refractivity contribution in [3.8, 4) is 0 Å². The van der Waals surface area contributed by atoms with Crippen LogP contribution in [0.2, 0.25) is 0 Å². The first-order chi connectivity index (χ1) is 5.02. The van der Waals surface area contributed by atoms with Crippen LogP contribution in [0, 0.1) is 5.82 Å². The van der Waals surface area contributed by atoms with Gasteiger partial charge in [0.05, 0.1) is 0 Å². The van der Waals surface area contributed by atoms with E-state index in [2.05, 4.69) is 0 Å². The molecule has 0 heterocycles. The van der Waals surface area contributed by atoms with Crippen molar-refractivity contribution in [2.24, 2.45) is 0 Å². The molecule has 0 saturated carbocycles. The number of benzene rings is 1. The molecule has 0 aliphatic heterocycles. The summed E-state index contributed by atoms with van der Waals surface area (Å²) >= 11 is 1.93. The van der Waals surface area contributed by atoms with Crippen LogP contribution in [-0.4, -0.2) is 22.3 Å². The molecule has 0 saturated heterocycles. The van der Waals surface area contributed by atoms with Crippen molar-refractivity contribution in [1.82, 2.24) is 0 Å². The molecule has 59 valence electrons. The van der Waals surface area contributed by atoms with E-state index in [1.54, 1.807) is 6.07 Å². The average molecular weight is 265 g/mol. The molecule has 0 N–H and O–H groups in total. The van der Waals surface area contributed by atoms with Crippen LogP contribution in [0.3, 0.4) is 0 Å². The second-order valence-corrected chi connectivity index (χ2v) is 5.90. The Balaban J connectivity index is 3.14. The third-order valence-electron chi connectivity index (χ3n) is 1.52. The molecule has 0 fully saturated rings. The number of halogens is 1. The van der Waals surface area contributed by atoms with Gasteiger partial charge in [-0.25, -0.2) is 0 Å². The summed E-state index contributed by atoms with van der Waals surface area (Å²) in [7, 11) is 0. The molecule has 0 spiro atoms. The summed E-state index contributed by atoms with van der Waals surface area (Å²) < 4.78 is 13.0. The molecule has 0 amide bonds. The Morgan fingerprint density at radius 3 is 2.18 bits per heavy atom. The Labute approximate surface area is 79.7 Å². The van der Waals surface area contributed by atoms with E-state index in [1.807, 2.05) is 48.3 Å². The molecule has 1 aromatic carbocycles. The van der Waals surface area contributed by atoms with Gasteiger partial charge >= 0.3 is 79.6 Å². The molecule has 0 aliphatic carbocycles. The van der Waals surface area contributed by atoms with E-state index in [0.29, 0.717) is 0 Å². The second-order valence-electron chi connectivity index (χ2n) is 2.99. The van der Waals surface area contributed by atoms with E-state index in [1.165, 1.54) is 6.07 Å². The predicted molar refractivity (Wildman–Crippen MR) is 45.2 cm³/mol. The monoisotopic (exact) mass is 267 g/mol. The quantitative estimate of drug-likeness (QED) is 0.683. The van der Waals surface area contributed by atoms with Crippen LogP contribution in [0.4, 0.5) is 4.39 Å². The van der Waals surface area contributed by atoms with Crippen LogP contribution >= 0.6 is 0 Å². The van der Waals surface area contributed by atoms with E-state index >= 15 is 0 Å². The van der Waals surface area contributed by atoms with E-state index < -0.39 is 0 Å². The van der Waals surface area contributed by atoms with E-state index in [9.17, 15) is 4.39 Å². The van der Waals surface area contributed by atoms with Crippen LogP contribution in [0.1, 0.15) is 19.4 Å². The van der Waals surface area contributed by atoms with Crippen LogP contribution in [0.5, 0.6) is 0 Å². The van der Waals surface area contributed by atoms with Crippen LogP contribution in [0.25, 0.3) is 0 Å². The fourth-order valence-corrected chi connectivity index (χ4v) is 1.42. The molecular formula is C9H10FTe. The molecule has 0 unspecified atom stereocenters. The van der Waals surface area contributed by atoms with Gasteiger partial charge in [0.1, 0.15) is 0 Å². The van der Waals surface area contributed by atoms with Crippen LogP contribution in [0.15, 0.2) is 24.3 Å². The van der Waals surface area contributed by atoms with Crippen molar-refractivity contribution in [2.75, 3.05) is 0 Å². The van der Waals surface area contributed by atoms with Crippen molar-refractivity contribution in [1.29, 1.82) is 0 Å². The van der Waals surface area contributed by atoms with Crippen molar-refractivity contribution in [3.63, 3.8) is 0 Å². The first-order valence-corrected chi connectivity index (χ1v) is 4.64. The molecule has 11 heavy (non-hydrogen) atoms. The van der Waals surface area contributed by atoms with Gasteiger partial charge < -0.3 is 0 Å². The van der Waals surface area contributed by atoms with Gasteiger partial charge in [-0.3, -0.25) is 0 Å². The van der Waals surface area contributed by atoms with Gasteiger partial charge in [0.25, 0.3) is 0 Å². The summed E-state index contributed by atoms with van der Waals surface area (Å²) in [6, 6.07) is 6.91. The molecule has 0 atom stereocenters. The molecular weight excluding hydrogens is 255 g/mol. The predicted octanol–water partition coefficient (Wildman–Crippen LogP) is 2.23. The summed E-state index contributed by atoms with van der Waals surface area (Å²) in [6.07, 6.45) is 0. The van der Waals surface area contributed by atoms with Crippen molar-refractivity contribution in [2.45, 2.75) is 17.3 Å². The summed E-state index contributed by atoms with van der Waals surface area (Å²) in [4.78, 5) is 0. The Hall–Kier alpha value is -0.0604. The van der Waals surface area contributed by atoms with Gasteiger partial charge in [-0.2, -0.15) is 0 Å². The Morgan fingerprint density at radius 1 is 1.27 bits per heavy atom. The number of hydrogen-bond acceptors (Lipinski definition) is 0. The maximum absolute atomic E-state index is 13.1. The molecule has 0 bridgehead atoms. The zero-order valence-corrected chi connectivity index (χ0v) is 8.93. The fourth-order valence-electron chi connectivity index (χ4n) is 0.949. The second kappa shape index (κ2) is 3.13. The van der Waals surface area contributed by atoms with Crippen LogP contribution in [-0.2, 0) is 3.46 Å². The van der Waals surface area contributed by atoms with E-state index in [4.69, 9.17) is 0 Å². The molecule has 2 heteroatoms. The van der Waals surface area contributed by atoms with Gasteiger partial charge in [0.2, 0.25) is 0 Å². The first kappa shape index (κ1) is 9.03. The summed E-state index contributed by atoms with van der Waals surface area (Å²) in [6.45, 7) is 4.02. The van der Waals surface area contributed by atoms with E-state index in [-0.39, 0.29) is 9.28 Å². The van der Waals surface area contributed by atoms with Gasteiger partial charge in [0.15, 0.2) is 0 Å². The summed E-state index contributed by atoms with van der Waals surface area (Å²) in [5.41, 5.74) is 0.782. The number of rotatable bonds is 1. The minimum absolute atomic E-state index is 0.0819. The fraction of sp³-hybridized carbons (Fsp3) is 0.333. The topological polar surface area (TPSA) is 0 Å². The van der Waals surface area contributed by atoms with Crippen molar-refractivity contribution < 1.29 is 4.39 Å². The van der Waals surface area contributed by atoms with Gasteiger partial charge in [-0.1, -0.05) is 0 Å². The molecule has 0 nitrogen and oxygen atoms in total. The minimum atomic E-state index is -0.109. The first-order valence-electron chi connectivity index (χ1n) is 3.47. The SMILES string of the molecule is CC(C)([Te])c1ccccc1F. The average Bonchev–Trinajstić information content (AvgIpc) is 1.86. The maximum atomic E-state index is 13.1. The standard InChI is InChI=1S/C9H10FTe/c1-9(2,11)7-5-3-4-6-8(7)10/h3-6H,1-2H3. The Morgan fingerprint density at radius 2 is 1.82 bits per heavy atom.